The molecule has 5 nitrogen and oxygen atoms in total. The molecule has 1 atom stereocenters. The number of carbonyl (C=O) groups excluding carboxylic acids is 1. The maximum absolute atomic E-state index is 12.5. The molecule has 1 N–H and O–H groups in total. The van der Waals surface area contributed by atoms with Crippen molar-refractivity contribution in [2.45, 2.75) is 32.7 Å². The van der Waals surface area contributed by atoms with E-state index < -0.39 is 0 Å². The number of carbonyl (C=O) groups is 1. The molecule has 1 saturated heterocycles. The highest BCUT2D eigenvalue weighted by Crippen LogP contribution is 2.19. The van der Waals surface area contributed by atoms with Gasteiger partial charge in [0.25, 0.3) is 5.91 Å². The minimum absolute atomic E-state index is 0.108. The lowest BCUT2D eigenvalue weighted by molar-refractivity contribution is 0.0649. The Kier molecular flexibility index (Phi) is 4.37. The zero-order valence-corrected chi connectivity index (χ0v) is 12.2. The third-order valence-electron chi connectivity index (χ3n) is 3.24. The fourth-order valence-electron chi connectivity index (χ4n) is 2.09. The van der Waals surface area contributed by atoms with E-state index in [4.69, 9.17) is 11.6 Å². The first-order chi connectivity index (χ1) is 9.00. The van der Waals surface area contributed by atoms with Crippen LogP contribution in [0, 0.1) is 0 Å². The van der Waals surface area contributed by atoms with Gasteiger partial charge in [-0.05, 0) is 6.92 Å². The Balaban J connectivity index is 2.29. The quantitative estimate of drug-likeness (QED) is 0.897. The number of amides is 1. The highest BCUT2D eigenvalue weighted by Gasteiger charge is 2.27. The molecule has 1 fully saturated rings. The van der Waals surface area contributed by atoms with Gasteiger partial charge in [0.2, 0.25) is 0 Å². The van der Waals surface area contributed by atoms with Crippen molar-refractivity contribution in [3.8, 4) is 0 Å². The van der Waals surface area contributed by atoms with Crippen LogP contribution in [0.5, 0.6) is 0 Å². The van der Waals surface area contributed by atoms with E-state index in [2.05, 4.69) is 15.3 Å². The predicted molar refractivity (Wildman–Crippen MR) is 74.5 cm³/mol. The molecule has 1 aromatic rings. The first-order valence-corrected chi connectivity index (χ1v) is 6.92. The third-order valence-corrected chi connectivity index (χ3v) is 3.52. The van der Waals surface area contributed by atoms with Gasteiger partial charge in [-0.3, -0.25) is 4.79 Å². The smallest absolute Gasteiger partial charge is 0.274 e. The van der Waals surface area contributed by atoms with Crippen LogP contribution in [-0.2, 0) is 0 Å². The summed E-state index contributed by atoms with van der Waals surface area (Å²) in [4.78, 5) is 22.8. The molecule has 0 spiro atoms. The molecule has 2 rings (SSSR count). The molecule has 19 heavy (non-hydrogen) atoms. The summed E-state index contributed by atoms with van der Waals surface area (Å²) in [6.07, 6.45) is 1.52. The number of aromatic nitrogens is 2. The van der Waals surface area contributed by atoms with Crippen LogP contribution in [0.2, 0.25) is 5.02 Å². The van der Waals surface area contributed by atoms with E-state index in [9.17, 15) is 4.79 Å². The molecule has 0 saturated carbocycles. The van der Waals surface area contributed by atoms with Crippen LogP contribution in [-0.4, -0.2) is 46.5 Å². The number of hydrogen-bond donors (Lipinski definition) is 1. The molecule has 1 aromatic heterocycles. The van der Waals surface area contributed by atoms with Crippen molar-refractivity contribution in [3.05, 3.63) is 22.7 Å². The lowest BCUT2D eigenvalue weighted by atomic mass is 10.2. The zero-order valence-electron chi connectivity index (χ0n) is 11.5. The molecule has 0 radical (unpaired) electrons. The van der Waals surface area contributed by atoms with Crippen molar-refractivity contribution in [3.63, 3.8) is 0 Å². The van der Waals surface area contributed by atoms with E-state index in [1.165, 1.54) is 6.20 Å². The molecular formula is C13H19ClN4O. The lowest BCUT2D eigenvalue weighted by Gasteiger charge is -2.33. The SMILES string of the molecule is CC(C)c1ncc(Cl)c(C(=O)N2CCNC[C@@H]2C)n1. The van der Waals surface area contributed by atoms with Crippen LogP contribution in [0.3, 0.4) is 0 Å². The van der Waals surface area contributed by atoms with E-state index >= 15 is 0 Å². The molecule has 0 aromatic carbocycles. The second kappa shape index (κ2) is 5.84. The summed E-state index contributed by atoms with van der Waals surface area (Å²) in [7, 11) is 0. The minimum Gasteiger partial charge on any atom is -0.332 e. The molecule has 0 unspecified atom stereocenters. The van der Waals surface area contributed by atoms with Crippen molar-refractivity contribution < 1.29 is 4.79 Å². The Morgan fingerprint density at radius 3 is 2.95 bits per heavy atom. The number of piperazine rings is 1. The Labute approximate surface area is 118 Å². The second-order valence-corrected chi connectivity index (χ2v) is 5.54. The average Bonchev–Trinajstić information content (AvgIpc) is 2.38. The van der Waals surface area contributed by atoms with Gasteiger partial charge in [0, 0.05) is 31.6 Å². The van der Waals surface area contributed by atoms with Crippen molar-refractivity contribution in [2.75, 3.05) is 19.6 Å². The van der Waals surface area contributed by atoms with E-state index in [1.54, 1.807) is 0 Å². The molecule has 1 aliphatic rings. The number of rotatable bonds is 2. The summed E-state index contributed by atoms with van der Waals surface area (Å²) < 4.78 is 0. The average molecular weight is 283 g/mol. The summed E-state index contributed by atoms with van der Waals surface area (Å²) in [5.41, 5.74) is 0.314. The van der Waals surface area contributed by atoms with Crippen LogP contribution in [0.15, 0.2) is 6.20 Å². The number of nitrogens with one attached hydrogen (secondary N) is 1. The third kappa shape index (κ3) is 3.04. The zero-order chi connectivity index (χ0) is 14.0. The molecular weight excluding hydrogens is 264 g/mol. The molecule has 0 aliphatic carbocycles. The maximum atomic E-state index is 12.5. The van der Waals surface area contributed by atoms with Crippen molar-refractivity contribution in [1.29, 1.82) is 0 Å². The summed E-state index contributed by atoms with van der Waals surface area (Å²) in [5.74, 6) is 0.711. The Bertz CT molecular complexity index is 478. The van der Waals surface area contributed by atoms with Gasteiger partial charge in [-0.25, -0.2) is 9.97 Å². The first-order valence-electron chi connectivity index (χ1n) is 6.54. The molecule has 6 heteroatoms. The molecule has 2 heterocycles. The standard InChI is InChI=1S/C13H19ClN4O/c1-8(2)12-16-7-10(14)11(17-12)13(19)18-5-4-15-6-9(18)3/h7-9,15H,4-6H2,1-3H3/t9-/m0/s1. The summed E-state index contributed by atoms with van der Waals surface area (Å²) in [6, 6.07) is 0.148. The monoisotopic (exact) mass is 282 g/mol. The van der Waals surface area contributed by atoms with Crippen molar-refractivity contribution >= 4 is 17.5 Å². The summed E-state index contributed by atoms with van der Waals surface area (Å²) >= 11 is 6.07. The van der Waals surface area contributed by atoms with Crippen LogP contribution in [0.4, 0.5) is 0 Å². The van der Waals surface area contributed by atoms with Crippen LogP contribution >= 0.6 is 11.6 Å². The second-order valence-electron chi connectivity index (χ2n) is 5.13. The molecule has 0 bridgehead atoms. The van der Waals surface area contributed by atoms with E-state index in [-0.39, 0.29) is 17.9 Å². The topological polar surface area (TPSA) is 58.1 Å². The fraction of sp³-hybridized carbons (Fsp3) is 0.615. The fourth-order valence-corrected chi connectivity index (χ4v) is 2.26. The van der Waals surface area contributed by atoms with Gasteiger partial charge in [0.15, 0.2) is 5.69 Å². The van der Waals surface area contributed by atoms with Crippen LogP contribution in [0.1, 0.15) is 43.0 Å². The summed E-state index contributed by atoms with van der Waals surface area (Å²) in [6.45, 7) is 8.27. The molecule has 104 valence electrons. The van der Waals surface area contributed by atoms with Crippen molar-refractivity contribution in [1.82, 2.24) is 20.2 Å². The minimum atomic E-state index is -0.108. The lowest BCUT2D eigenvalue weighted by Crippen LogP contribution is -2.52. The van der Waals surface area contributed by atoms with Gasteiger partial charge in [-0.15, -0.1) is 0 Å². The van der Waals surface area contributed by atoms with Crippen LogP contribution in [0.25, 0.3) is 0 Å². The summed E-state index contributed by atoms with van der Waals surface area (Å²) in [5, 5.41) is 3.57. The van der Waals surface area contributed by atoms with E-state index in [1.807, 2.05) is 25.7 Å². The Hall–Kier alpha value is -1.20. The Morgan fingerprint density at radius 1 is 1.58 bits per heavy atom. The van der Waals surface area contributed by atoms with Gasteiger partial charge in [-0.2, -0.15) is 0 Å². The van der Waals surface area contributed by atoms with Gasteiger partial charge in [-0.1, -0.05) is 25.4 Å². The Morgan fingerprint density at radius 2 is 2.32 bits per heavy atom. The highest BCUT2D eigenvalue weighted by molar-refractivity contribution is 6.33. The maximum Gasteiger partial charge on any atom is 0.274 e. The normalized spacial score (nSPS) is 19.8. The van der Waals surface area contributed by atoms with Gasteiger partial charge >= 0.3 is 0 Å². The van der Waals surface area contributed by atoms with Gasteiger partial charge in [0.1, 0.15) is 5.82 Å². The van der Waals surface area contributed by atoms with Crippen LogP contribution < -0.4 is 5.32 Å². The van der Waals surface area contributed by atoms with Gasteiger partial charge in [0.05, 0.1) is 11.2 Å². The molecule has 1 amide bonds. The number of halogens is 1. The predicted octanol–water partition coefficient (Wildman–Crippen LogP) is 1.69. The van der Waals surface area contributed by atoms with E-state index in [0.717, 1.165) is 13.1 Å². The highest BCUT2D eigenvalue weighted by atomic mass is 35.5. The first kappa shape index (κ1) is 14.2. The number of hydrogen-bond acceptors (Lipinski definition) is 4. The number of nitrogens with zero attached hydrogens (tertiary/aromatic N) is 3. The van der Waals surface area contributed by atoms with E-state index in [0.29, 0.717) is 23.1 Å². The van der Waals surface area contributed by atoms with Gasteiger partial charge < -0.3 is 10.2 Å². The van der Waals surface area contributed by atoms with Crippen molar-refractivity contribution in [2.24, 2.45) is 0 Å². The largest absolute Gasteiger partial charge is 0.332 e. The molecule has 1 aliphatic heterocycles.